The van der Waals surface area contributed by atoms with Gasteiger partial charge in [0, 0.05) is 43.2 Å². The van der Waals surface area contributed by atoms with Crippen molar-refractivity contribution < 1.29 is 10.0 Å². The van der Waals surface area contributed by atoms with Gasteiger partial charge in [-0.3, -0.25) is 14.9 Å². The summed E-state index contributed by atoms with van der Waals surface area (Å²) in [4.78, 5) is 13.7. The number of aromatic nitrogens is 1. The van der Waals surface area contributed by atoms with Crippen LogP contribution in [0.5, 0.6) is 0 Å². The highest BCUT2D eigenvalue weighted by Gasteiger charge is 2.26. The maximum atomic E-state index is 11.3. The molecule has 1 atom stereocenters. The fourth-order valence-electron chi connectivity index (χ4n) is 4.65. The van der Waals surface area contributed by atoms with E-state index < -0.39 is 0 Å². The first-order chi connectivity index (χ1) is 14.1. The summed E-state index contributed by atoms with van der Waals surface area (Å²) in [6.07, 6.45) is 6.49. The number of nitrogens with zero attached hydrogens (tertiary/aromatic N) is 2. The monoisotopic (exact) mass is 391 g/mol. The van der Waals surface area contributed by atoms with Gasteiger partial charge in [0.1, 0.15) is 0 Å². The Balaban J connectivity index is 1.42. The number of amides is 1. The molecule has 3 aromatic rings. The number of nitrogens with one attached hydrogen (secondary N) is 1. The molecule has 2 aromatic carbocycles. The molecule has 4 rings (SSSR count). The number of aryl methyl sites for hydroxylation is 3. The minimum Gasteiger partial charge on any atom is -0.350 e. The molecule has 1 heterocycles. The van der Waals surface area contributed by atoms with E-state index in [2.05, 4.69) is 72.2 Å². The molecule has 0 radical (unpaired) electrons. The van der Waals surface area contributed by atoms with Gasteiger partial charge in [0.05, 0.1) is 0 Å². The largest absolute Gasteiger partial charge is 0.350 e. The summed E-state index contributed by atoms with van der Waals surface area (Å²) in [5, 5.41) is 10.0. The number of benzene rings is 2. The molecule has 2 N–H and O–H groups in total. The first-order valence-electron chi connectivity index (χ1n) is 10.3. The number of carbonyl (C=O) groups is 1. The predicted molar refractivity (Wildman–Crippen MR) is 115 cm³/mol. The summed E-state index contributed by atoms with van der Waals surface area (Å²) in [7, 11) is 4.34. The zero-order valence-electron chi connectivity index (χ0n) is 17.2. The number of fused-ring (bicyclic) bond motifs is 2. The van der Waals surface area contributed by atoms with Crippen LogP contribution in [0.4, 0.5) is 0 Å². The number of hydrogen-bond donors (Lipinski definition) is 2. The minimum atomic E-state index is -0.337. The Hall–Kier alpha value is -2.63. The van der Waals surface area contributed by atoms with Gasteiger partial charge in [-0.05, 0) is 61.1 Å². The molecule has 0 spiro atoms. The van der Waals surface area contributed by atoms with E-state index in [4.69, 9.17) is 5.21 Å². The van der Waals surface area contributed by atoms with E-state index in [-0.39, 0.29) is 5.91 Å². The van der Waals surface area contributed by atoms with Crippen LogP contribution < -0.4 is 5.48 Å². The molecule has 1 aliphatic rings. The van der Waals surface area contributed by atoms with Crippen LogP contribution in [0.1, 0.15) is 41.1 Å². The van der Waals surface area contributed by atoms with Gasteiger partial charge in [0.25, 0.3) is 0 Å². The molecular weight excluding hydrogens is 362 g/mol. The van der Waals surface area contributed by atoms with Crippen LogP contribution in [0.25, 0.3) is 10.9 Å². The molecule has 1 aromatic heterocycles. The summed E-state index contributed by atoms with van der Waals surface area (Å²) >= 11 is 0. The molecule has 0 bridgehead atoms. The van der Waals surface area contributed by atoms with Gasteiger partial charge in [-0.25, -0.2) is 5.48 Å². The summed E-state index contributed by atoms with van der Waals surface area (Å²) < 4.78 is 2.22. The van der Waals surface area contributed by atoms with Crippen LogP contribution in [-0.2, 0) is 31.1 Å². The topological polar surface area (TPSA) is 57.5 Å². The second-order valence-corrected chi connectivity index (χ2v) is 8.14. The van der Waals surface area contributed by atoms with Crippen molar-refractivity contribution in [3.8, 4) is 0 Å². The lowest BCUT2D eigenvalue weighted by Gasteiger charge is -2.25. The number of hydroxylamine groups is 1. The Bertz CT molecular complexity index is 1020. The molecule has 1 aliphatic carbocycles. The summed E-state index contributed by atoms with van der Waals surface area (Å²) in [6, 6.07) is 15.6. The van der Waals surface area contributed by atoms with E-state index in [0.717, 1.165) is 31.4 Å². The molecule has 0 aliphatic heterocycles. The lowest BCUT2D eigenvalue weighted by Crippen LogP contribution is -2.25. The number of carbonyl (C=O) groups excluding carboxylic acids is 1. The molecule has 0 fully saturated rings. The normalized spacial score (nSPS) is 15.8. The van der Waals surface area contributed by atoms with Gasteiger partial charge in [-0.2, -0.15) is 0 Å². The number of likely N-dealkylation sites (N-methyl/N-ethyl adjacent to an activating group) is 1. The molecule has 0 saturated carbocycles. The highest BCUT2D eigenvalue weighted by molar-refractivity contribution is 5.83. The van der Waals surface area contributed by atoms with Gasteiger partial charge in [-0.15, -0.1) is 0 Å². The first-order valence-corrected chi connectivity index (χ1v) is 10.3. The fourth-order valence-corrected chi connectivity index (χ4v) is 4.65. The molecule has 1 amide bonds. The second-order valence-electron chi connectivity index (χ2n) is 8.14. The van der Waals surface area contributed by atoms with Gasteiger partial charge in [-0.1, -0.05) is 36.4 Å². The summed E-state index contributed by atoms with van der Waals surface area (Å²) in [6.45, 7) is 1.02. The van der Waals surface area contributed by atoms with Crippen molar-refractivity contribution in [2.75, 3.05) is 13.6 Å². The van der Waals surface area contributed by atoms with Crippen molar-refractivity contribution in [1.29, 1.82) is 0 Å². The Labute approximate surface area is 171 Å². The van der Waals surface area contributed by atoms with Crippen molar-refractivity contribution in [3.63, 3.8) is 0 Å². The van der Waals surface area contributed by atoms with E-state index in [1.807, 2.05) is 0 Å². The van der Waals surface area contributed by atoms with Crippen LogP contribution in [0, 0.1) is 0 Å². The van der Waals surface area contributed by atoms with Crippen LogP contribution in [-0.4, -0.2) is 34.2 Å². The predicted octanol–water partition coefficient (Wildman–Crippen LogP) is 3.78. The molecule has 5 heteroatoms. The average Bonchev–Trinajstić information content (AvgIpc) is 3.31. The van der Waals surface area contributed by atoms with Crippen molar-refractivity contribution in [2.24, 2.45) is 7.05 Å². The van der Waals surface area contributed by atoms with E-state index >= 15 is 0 Å². The minimum absolute atomic E-state index is 0.309. The highest BCUT2D eigenvalue weighted by atomic mass is 16.5. The zero-order chi connectivity index (χ0) is 20.4. The molecule has 152 valence electrons. The van der Waals surface area contributed by atoms with Crippen molar-refractivity contribution in [3.05, 3.63) is 70.9 Å². The van der Waals surface area contributed by atoms with Crippen molar-refractivity contribution in [1.82, 2.24) is 14.9 Å². The van der Waals surface area contributed by atoms with E-state index in [0.29, 0.717) is 18.9 Å². The third-order valence-electron chi connectivity index (χ3n) is 6.26. The first kappa shape index (κ1) is 19.7. The van der Waals surface area contributed by atoms with Crippen LogP contribution in [0.2, 0.25) is 0 Å². The third kappa shape index (κ3) is 4.07. The molecular formula is C24H29N3O2. The third-order valence-corrected chi connectivity index (χ3v) is 6.26. The Kier molecular flexibility index (Phi) is 5.69. The van der Waals surface area contributed by atoms with Gasteiger partial charge in [0.15, 0.2) is 0 Å². The van der Waals surface area contributed by atoms with Crippen LogP contribution >= 0.6 is 0 Å². The van der Waals surface area contributed by atoms with Gasteiger partial charge >= 0.3 is 0 Å². The molecule has 0 saturated heterocycles. The SMILES string of the molecule is CN(CCc1cn(C)c2ccccc12)C1CCc2cc(CCC(=O)NO)ccc21. The van der Waals surface area contributed by atoms with Crippen molar-refractivity contribution >= 4 is 16.8 Å². The van der Waals surface area contributed by atoms with Crippen molar-refractivity contribution in [2.45, 2.75) is 38.1 Å². The van der Waals surface area contributed by atoms with E-state index in [1.54, 1.807) is 5.48 Å². The summed E-state index contributed by atoms with van der Waals surface area (Å²) in [5.41, 5.74) is 8.37. The van der Waals surface area contributed by atoms with Crippen LogP contribution in [0.15, 0.2) is 48.7 Å². The zero-order valence-corrected chi connectivity index (χ0v) is 17.2. The summed E-state index contributed by atoms with van der Waals surface area (Å²) in [5.74, 6) is -0.337. The standard InChI is InChI=1S/C24H29N3O2/c1-26(14-13-19-16-27(2)22-6-4-3-5-20(19)22)23-11-9-18-15-17(7-10-21(18)23)8-12-24(28)25-29/h3-7,10,15-16,23,29H,8-9,11-14H2,1-2H3,(H,25,28). The maximum Gasteiger partial charge on any atom is 0.243 e. The lowest BCUT2D eigenvalue weighted by molar-refractivity contribution is -0.129. The lowest BCUT2D eigenvalue weighted by atomic mass is 10.0. The Morgan fingerprint density at radius 1 is 1.24 bits per heavy atom. The fraction of sp³-hybridized carbons (Fsp3) is 0.375. The number of para-hydroxylation sites is 1. The molecule has 1 unspecified atom stereocenters. The maximum absolute atomic E-state index is 11.3. The quantitative estimate of drug-likeness (QED) is 0.476. The van der Waals surface area contributed by atoms with E-state index in [9.17, 15) is 4.79 Å². The van der Waals surface area contributed by atoms with Gasteiger partial charge in [0.2, 0.25) is 5.91 Å². The Morgan fingerprint density at radius 3 is 2.90 bits per heavy atom. The number of rotatable bonds is 7. The van der Waals surface area contributed by atoms with Gasteiger partial charge < -0.3 is 4.57 Å². The smallest absolute Gasteiger partial charge is 0.243 e. The number of hydrogen-bond acceptors (Lipinski definition) is 3. The van der Waals surface area contributed by atoms with E-state index in [1.165, 1.54) is 27.6 Å². The molecule has 5 nitrogen and oxygen atoms in total. The second kappa shape index (κ2) is 8.39. The highest BCUT2D eigenvalue weighted by Crippen LogP contribution is 2.36. The molecule has 29 heavy (non-hydrogen) atoms. The van der Waals surface area contributed by atoms with Crippen LogP contribution in [0.3, 0.4) is 0 Å². The average molecular weight is 392 g/mol. The Morgan fingerprint density at radius 2 is 2.07 bits per heavy atom.